The maximum atomic E-state index is 13.0. The van der Waals surface area contributed by atoms with Crippen molar-refractivity contribution in [3.8, 4) is 0 Å². The lowest BCUT2D eigenvalue weighted by molar-refractivity contribution is -0.870. The van der Waals surface area contributed by atoms with E-state index in [9.17, 15) is 19.4 Å². The Kier molecular flexibility index (Phi) is 53.6. The van der Waals surface area contributed by atoms with Crippen LogP contribution in [0.3, 0.4) is 0 Å². The number of phosphoric ester groups is 1. The molecule has 0 fully saturated rings. The van der Waals surface area contributed by atoms with Crippen molar-refractivity contribution in [3.63, 3.8) is 0 Å². The Bertz CT molecular complexity index is 1370. The highest BCUT2D eigenvalue weighted by Gasteiger charge is 2.27. The second-order valence-electron chi connectivity index (χ2n) is 22.4. The number of quaternary nitrogens is 1. The van der Waals surface area contributed by atoms with Gasteiger partial charge in [-0.25, -0.2) is 4.57 Å². The third-order valence-corrected chi connectivity index (χ3v) is 15.0. The van der Waals surface area contributed by atoms with Crippen molar-refractivity contribution in [2.24, 2.45) is 0 Å². The van der Waals surface area contributed by atoms with E-state index in [0.717, 1.165) is 64.2 Å². The van der Waals surface area contributed by atoms with Crippen LogP contribution in [0.15, 0.2) is 60.8 Å². The third-order valence-electron chi connectivity index (χ3n) is 14.0. The van der Waals surface area contributed by atoms with Gasteiger partial charge in [0.25, 0.3) is 0 Å². The zero-order valence-electron chi connectivity index (χ0n) is 48.9. The Morgan fingerprint density at radius 2 is 0.822 bits per heavy atom. The number of amides is 1. The molecule has 1 amide bonds. The molecular formula is C64H122N2O6P+. The van der Waals surface area contributed by atoms with Crippen molar-refractivity contribution >= 4 is 13.7 Å². The van der Waals surface area contributed by atoms with Gasteiger partial charge in [-0.05, 0) is 57.8 Å². The van der Waals surface area contributed by atoms with Crippen LogP contribution in [-0.4, -0.2) is 73.4 Å². The fourth-order valence-electron chi connectivity index (χ4n) is 9.15. The molecule has 3 unspecified atom stereocenters. The van der Waals surface area contributed by atoms with Crippen LogP contribution in [0.5, 0.6) is 0 Å². The van der Waals surface area contributed by atoms with Crippen LogP contribution >= 0.6 is 7.82 Å². The molecule has 0 saturated carbocycles. The number of nitrogens with zero attached hydrogens (tertiary/aromatic N) is 1. The number of phosphoric acid groups is 1. The number of nitrogens with one attached hydrogen (secondary N) is 1. The number of carbonyl (C=O) groups excluding carboxylic acids is 1. The molecular weight excluding hydrogens is 924 g/mol. The standard InChI is InChI=1S/C64H121N2O6P/c1-6-8-10-12-14-16-18-20-22-24-26-27-28-29-30-31-32-33-34-35-36-37-38-39-40-42-44-46-48-50-52-54-56-58-64(68)65-62(61-72-73(69,70)71-60-59-66(3,4)5)63(67)57-55-53-51-49-47-45-43-41-25-23-21-19-17-15-13-11-9-7-2/h8,10,14,16,20,22,26-27,55,57,62-63,67H,6-7,9,11-13,15,17-19,21,23-25,28-54,56,58-61H2,1-5H3,(H-,65,68,69,70)/p+1/b10-8-,16-14-,22-20-,27-26-,57-55+. The molecule has 428 valence electrons. The van der Waals surface area contributed by atoms with Crippen LogP contribution in [0.25, 0.3) is 0 Å². The molecule has 0 aromatic carbocycles. The van der Waals surface area contributed by atoms with E-state index in [0.29, 0.717) is 17.4 Å². The fourth-order valence-corrected chi connectivity index (χ4v) is 9.89. The lowest BCUT2D eigenvalue weighted by Crippen LogP contribution is -2.45. The smallest absolute Gasteiger partial charge is 0.387 e. The van der Waals surface area contributed by atoms with Crippen LogP contribution < -0.4 is 5.32 Å². The van der Waals surface area contributed by atoms with E-state index in [-0.39, 0.29) is 19.1 Å². The Labute approximate surface area is 453 Å². The molecule has 9 heteroatoms. The SMILES string of the molecule is CC/C=C\C/C=C\C/C=C\C/C=C\CCCCCCCCCCCCCCCCCCCCCCC(=O)NC(COP(=O)(O)OCC[N+](C)(C)C)C(O)/C=C/CCCCCCCCCCCCCCCCCC. The highest BCUT2D eigenvalue weighted by atomic mass is 31.2. The molecule has 0 heterocycles. The van der Waals surface area contributed by atoms with E-state index in [1.165, 1.54) is 205 Å². The van der Waals surface area contributed by atoms with Gasteiger partial charge in [-0.2, -0.15) is 0 Å². The Hall–Kier alpha value is -1.80. The average molecular weight is 1050 g/mol. The van der Waals surface area contributed by atoms with E-state index in [2.05, 4.69) is 67.8 Å². The topological polar surface area (TPSA) is 105 Å². The molecule has 0 spiro atoms. The summed E-state index contributed by atoms with van der Waals surface area (Å²) in [7, 11) is 1.58. The monoisotopic (exact) mass is 1050 g/mol. The predicted octanol–water partition coefficient (Wildman–Crippen LogP) is 19.3. The predicted molar refractivity (Wildman–Crippen MR) is 318 cm³/mol. The van der Waals surface area contributed by atoms with Crippen LogP contribution in [0.2, 0.25) is 0 Å². The average Bonchev–Trinajstić information content (AvgIpc) is 3.35. The minimum absolute atomic E-state index is 0.0621. The summed E-state index contributed by atoms with van der Waals surface area (Å²) in [4.78, 5) is 23.3. The summed E-state index contributed by atoms with van der Waals surface area (Å²) in [5, 5.41) is 14.0. The first kappa shape index (κ1) is 71.2. The molecule has 0 aliphatic carbocycles. The lowest BCUT2D eigenvalue weighted by Gasteiger charge is -2.25. The van der Waals surface area contributed by atoms with E-state index >= 15 is 0 Å². The Balaban J connectivity index is 4.05. The van der Waals surface area contributed by atoms with E-state index < -0.39 is 20.0 Å². The van der Waals surface area contributed by atoms with E-state index in [1.54, 1.807) is 6.08 Å². The summed E-state index contributed by atoms with van der Waals surface area (Å²) in [5.41, 5.74) is 0. The normalized spacial score (nSPS) is 14.2. The first-order valence-electron chi connectivity index (χ1n) is 31.2. The van der Waals surface area contributed by atoms with Gasteiger partial charge < -0.3 is 19.8 Å². The molecule has 0 radical (unpaired) electrons. The number of likely N-dealkylation sites (N-methyl/N-ethyl adjacent to an activating group) is 1. The number of carbonyl (C=O) groups is 1. The van der Waals surface area contributed by atoms with Crippen molar-refractivity contribution in [2.45, 2.75) is 302 Å². The van der Waals surface area contributed by atoms with Crippen LogP contribution in [0, 0.1) is 0 Å². The summed E-state index contributed by atoms with van der Waals surface area (Å²) < 4.78 is 23.7. The second kappa shape index (κ2) is 55.0. The molecule has 0 bridgehead atoms. The highest BCUT2D eigenvalue weighted by molar-refractivity contribution is 7.47. The number of hydrogen-bond donors (Lipinski definition) is 3. The van der Waals surface area contributed by atoms with Gasteiger partial charge in [0.15, 0.2) is 0 Å². The van der Waals surface area contributed by atoms with Crippen LogP contribution in [-0.2, 0) is 18.4 Å². The minimum atomic E-state index is -4.35. The van der Waals surface area contributed by atoms with Crippen LogP contribution in [0.4, 0.5) is 0 Å². The third kappa shape index (κ3) is 57.7. The fraction of sp³-hybridized carbons (Fsp3) is 0.828. The van der Waals surface area contributed by atoms with Crippen molar-refractivity contribution < 1.29 is 32.9 Å². The maximum absolute atomic E-state index is 13.0. The van der Waals surface area contributed by atoms with Crippen LogP contribution in [0.1, 0.15) is 290 Å². The number of unbranched alkanes of at least 4 members (excludes halogenated alkanes) is 36. The molecule has 0 rings (SSSR count). The molecule has 73 heavy (non-hydrogen) atoms. The lowest BCUT2D eigenvalue weighted by atomic mass is 10.0. The molecule has 0 aromatic heterocycles. The van der Waals surface area contributed by atoms with Crippen molar-refractivity contribution in [2.75, 3.05) is 40.9 Å². The van der Waals surface area contributed by atoms with Gasteiger partial charge in [0.05, 0.1) is 39.9 Å². The van der Waals surface area contributed by atoms with Gasteiger partial charge in [-0.3, -0.25) is 13.8 Å². The number of allylic oxidation sites excluding steroid dienone is 9. The molecule has 3 N–H and O–H groups in total. The molecule has 3 atom stereocenters. The zero-order valence-corrected chi connectivity index (χ0v) is 49.8. The largest absolute Gasteiger partial charge is 0.472 e. The molecule has 0 aromatic rings. The molecule has 8 nitrogen and oxygen atoms in total. The van der Waals surface area contributed by atoms with Crippen molar-refractivity contribution in [1.82, 2.24) is 5.32 Å². The second-order valence-corrected chi connectivity index (χ2v) is 23.9. The van der Waals surface area contributed by atoms with E-state index in [4.69, 9.17) is 9.05 Å². The number of hydrogen-bond acceptors (Lipinski definition) is 5. The first-order valence-corrected chi connectivity index (χ1v) is 32.7. The van der Waals surface area contributed by atoms with Gasteiger partial charge in [-0.15, -0.1) is 0 Å². The van der Waals surface area contributed by atoms with Gasteiger partial charge in [0.2, 0.25) is 5.91 Å². The summed E-state index contributed by atoms with van der Waals surface area (Å²) in [6.07, 6.45) is 74.8. The zero-order chi connectivity index (χ0) is 53.5. The quantitative estimate of drug-likeness (QED) is 0.0243. The number of aliphatic hydroxyl groups is 1. The van der Waals surface area contributed by atoms with Crippen molar-refractivity contribution in [3.05, 3.63) is 60.8 Å². The minimum Gasteiger partial charge on any atom is -0.387 e. The molecule has 0 aliphatic rings. The van der Waals surface area contributed by atoms with Crippen molar-refractivity contribution in [1.29, 1.82) is 0 Å². The maximum Gasteiger partial charge on any atom is 0.472 e. The summed E-state index contributed by atoms with van der Waals surface area (Å²) in [6, 6.07) is -0.847. The summed E-state index contributed by atoms with van der Waals surface area (Å²) in [5.74, 6) is -0.173. The summed E-state index contributed by atoms with van der Waals surface area (Å²) >= 11 is 0. The first-order chi connectivity index (χ1) is 35.5. The van der Waals surface area contributed by atoms with Gasteiger partial charge >= 0.3 is 7.82 Å². The van der Waals surface area contributed by atoms with E-state index in [1.807, 2.05) is 27.2 Å². The highest BCUT2D eigenvalue weighted by Crippen LogP contribution is 2.43. The number of aliphatic hydroxyl groups excluding tert-OH is 1. The summed E-state index contributed by atoms with van der Waals surface area (Å²) in [6.45, 7) is 4.74. The number of rotatable bonds is 57. The Morgan fingerprint density at radius 3 is 1.21 bits per heavy atom. The molecule has 0 saturated heterocycles. The molecule has 0 aliphatic heterocycles. The van der Waals surface area contributed by atoms with Gasteiger partial charge in [-0.1, -0.05) is 286 Å². The van der Waals surface area contributed by atoms with Gasteiger partial charge in [0, 0.05) is 6.42 Å². The van der Waals surface area contributed by atoms with Gasteiger partial charge in [0.1, 0.15) is 13.2 Å². The Morgan fingerprint density at radius 1 is 0.479 bits per heavy atom.